The molecule has 2 N–H and O–H groups in total. The number of rotatable bonds is 4. The van der Waals surface area contributed by atoms with Crippen molar-refractivity contribution in [3.05, 3.63) is 29.6 Å². The van der Waals surface area contributed by atoms with Crippen molar-refractivity contribution in [2.75, 3.05) is 26.3 Å². The average Bonchev–Trinajstić information content (AvgIpc) is 2.52. The Labute approximate surface area is 127 Å². The third-order valence-corrected chi connectivity index (χ3v) is 3.55. The molecule has 7 heteroatoms. The van der Waals surface area contributed by atoms with E-state index in [1.54, 1.807) is 11.8 Å². The molecule has 1 unspecified atom stereocenters. The van der Waals surface area contributed by atoms with E-state index < -0.39 is 29.1 Å². The molecular weight excluding hydrogens is 291 g/mol. The van der Waals surface area contributed by atoms with Crippen molar-refractivity contribution < 1.29 is 23.8 Å². The number of phenolic OH excluding ortho intramolecular Hbond substituents is 1. The second kappa shape index (κ2) is 7.22. The van der Waals surface area contributed by atoms with Crippen molar-refractivity contribution in [3.63, 3.8) is 0 Å². The number of hydrogen-bond donors (Lipinski definition) is 2. The van der Waals surface area contributed by atoms with E-state index in [2.05, 4.69) is 5.32 Å². The number of nitrogens with zero attached hydrogens (tertiary/aromatic N) is 1. The fourth-order valence-corrected chi connectivity index (χ4v) is 2.31. The van der Waals surface area contributed by atoms with Gasteiger partial charge in [0.2, 0.25) is 5.91 Å². The molecule has 22 heavy (non-hydrogen) atoms. The van der Waals surface area contributed by atoms with Gasteiger partial charge in [0.15, 0.2) is 0 Å². The molecule has 120 valence electrons. The zero-order valence-corrected chi connectivity index (χ0v) is 12.3. The third kappa shape index (κ3) is 3.54. The number of phenols is 1. The van der Waals surface area contributed by atoms with Crippen LogP contribution < -0.4 is 5.32 Å². The van der Waals surface area contributed by atoms with Gasteiger partial charge in [-0.25, -0.2) is 4.39 Å². The molecule has 1 atom stereocenters. The Morgan fingerprint density at radius 3 is 2.68 bits per heavy atom. The normalized spacial score (nSPS) is 16.2. The van der Waals surface area contributed by atoms with Gasteiger partial charge >= 0.3 is 0 Å². The summed E-state index contributed by atoms with van der Waals surface area (Å²) in [6.07, 6.45) is 0.372. The van der Waals surface area contributed by atoms with Crippen LogP contribution in [0, 0.1) is 5.82 Å². The highest BCUT2D eigenvalue weighted by Gasteiger charge is 2.27. The standard InChI is InChI=1S/C15H19FN2O4/c1-2-11(15(21)18-6-8-22-9-7-18)17-14(20)13-10(16)4-3-5-12(13)19/h3-5,11,19H,2,6-9H2,1H3,(H,17,20). The Hall–Kier alpha value is -2.15. The van der Waals surface area contributed by atoms with Crippen molar-refractivity contribution in [3.8, 4) is 5.75 Å². The summed E-state index contributed by atoms with van der Waals surface area (Å²) in [7, 11) is 0. The molecule has 0 aliphatic carbocycles. The minimum Gasteiger partial charge on any atom is -0.507 e. The monoisotopic (exact) mass is 310 g/mol. The Kier molecular flexibility index (Phi) is 5.32. The van der Waals surface area contributed by atoms with Crippen LogP contribution in [0.5, 0.6) is 5.75 Å². The molecule has 2 rings (SSSR count). The van der Waals surface area contributed by atoms with E-state index in [0.717, 1.165) is 6.07 Å². The van der Waals surface area contributed by atoms with Crippen LogP contribution in [0.4, 0.5) is 4.39 Å². The number of carbonyl (C=O) groups is 2. The molecule has 0 aromatic heterocycles. The number of ether oxygens (including phenoxy) is 1. The highest BCUT2D eigenvalue weighted by molar-refractivity contribution is 5.99. The first-order valence-electron chi connectivity index (χ1n) is 7.19. The van der Waals surface area contributed by atoms with Gasteiger partial charge in [0.05, 0.1) is 13.2 Å². The second-order valence-electron chi connectivity index (χ2n) is 5.01. The number of nitrogens with one attached hydrogen (secondary N) is 1. The topological polar surface area (TPSA) is 78.9 Å². The van der Waals surface area contributed by atoms with E-state index >= 15 is 0 Å². The maximum absolute atomic E-state index is 13.7. The van der Waals surface area contributed by atoms with Crippen LogP contribution in [0.2, 0.25) is 0 Å². The van der Waals surface area contributed by atoms with Crippen LogP contribution in [0.3, 0.4) is 0 Å². The van der Waals surface area contributed by atoms with Crippen molar-refractivity contribution in [1.82, 2.24) is 10.2 Å². The lowest BCUT2D eigenvalue weighted by Gasteiger charge is -2.30. The van der Waals surface area contributed by atoms with E-state index in [-0.39, 0.29) is 5.91 Å². The highest BCUT2D eigenvalue weighted by atomic mass is 19.1. The lowest BCUT2D eigenvalue weighted by Crippen LogP contribution is -2.51. The molecule has 1 heterocycles. The van der Waals surface area contributed by atoms with Gasteiger partial charge < -0.3 is 20.1 Å². The van der Waals surface area contributed by atoms with Crippen LogP contribution in [0.25, 0.3) is 0 Å². The van der Waals surface area contributed by atoms with Crippen molar-refractivity contribution in [2.24, 2.45) is 0 Å². The lowest BCUT2D eigenvalue weighted by atomic mass is 10.1. The molecule has 6 nitrogen and oxygen atoms in total. The number of morpholine rings is 1. The smallest absolute Gasteiger partial charge is 0.258 e. The van der Waals surface area contributed by atoms with Crippen LogP contribution in [-0.2, 0) is 9.53 Å². The Morgan fingerprint density at radius 1 is 1.41 bits per heavy atom. The largest absolute Gasteiger partial charge is 0.507 e. The first-order valence-corrected chi connectivity index (χ1v) is 7.19. The first kappa shape index (κ1) is 16.2. The summed E-state index contributed by atoms with van der Waals surface area (Å²) in [4.78, 5) is 26.1. The van der Waals surface area contributed by atoms with Gasteiger partial charge in [-0.2, -0.15) is 0 Å². The molecule has 1 saturated heterocycles. The van der Waals surface area contributed by atoms with Gasteiger partial charge in [-0.1, -0.05) is 13.0 Å². The van der Waals surface area contributed by atoms with E-state index in [1.165, 1.54) is 12.1 Å². The number of amides is 2. The molecule has 0 saturated carbocycles. The molecule has 1 fully saturated rings. The average molecular weight is 310 g/mol. The molecule has 0 spiro atoms. The van der Waals surface area contributed by atoms with E-state index in [1.807, 2.05) is 0 Å². The summed E-state index contributed by atoms with van der Waals surface area (Å²) in [6.45, 7) is 3.62. The van der Waals surface area contributed by atoms with Crippen molar-refractivity contribution in [2.45, 2.75) is 19.4 Å². The molecule has 1 aliphatic rings. The lowest BCUT2D eigenvalue weighted by molar-refractivity contribution is -0.137. The van der Waals surface area contributed by atoms with Crippen LogP contribution in [0.1, 0.15) is 23.7 Å². The minimum absolute atomic E-state index is 0.227. The number of benzene rings is 1. The molecule has 1 aromatic rings. The summed E-state index contributed by atoms with van der Waals surface area (Å²) < 4.78 is 18.9. The van der Waals surface area contributed by atoms with Gasteiger partial charge in [-0.3, -0.25) is 9.59 Å². The summed E-state index contributed by atoms with van der Waals surface area (Å²) >= 11 is 0. The molecule has 0 radical (unpaired) electrons. The summed E-state index contributed by atoms with van der Waals surface area (Å²) in [5.41, 5.74) is -0.448. The fourth-order valence-electron chi connectivity index (χ4n) is 2.31. The zero-order chi connectivity index (χ0) is 16.1. The second-order valence-corrected chi connectivity index (χ2v) is 5.01. The first-order chi connectivity index (χ1) is 10.5. The van der Waals surface area contributed by atoms with Gasteiger partial charge in [0.1, 0.15) is 23.2 Å². The predicted molar refractivity (Wildman–Crippen MR) is 77.0 cm³/mol. The fraction of sp³-hybridized carbons (Fsp3) is 0.467. The molecular formula is C15H19FN2O4. The van der Waals surface area contributed by atoms with Crippen molar-refractivity contribution >= 4 is 11.8 Å². The van der Waals surface area contributed by atoms with Gasteiger partial charge in [-0.05, 0) is 18.6 Å². The Bertz CT molecular complexity index is 538. The molecule has 1 aliphatic heterocycles. The SMILES string of the molecule is CCC(NC(=O)c1c(O)cccc1F)C(=O)N1CCOCC1. The number of aromatic hydroxyl groups is 1. The predicted octanol–water partition coefficient (Wildman–Crippen LogP) is 0.898. The molecule has 1 aromatic carbocycles. The number of carbonyl (C=O) groups excluding carboxylic acids is 2. The van der Waals surface area contributed by atoms with Gasteiger partial charge in [0, 0.05) is 13.1 Å². The maximum Gasteiger partial charge on any atom is 0.258 e. The van der Waals surface area contributed by atoms with E-state index in [4.69, 9.17) is 4.74 Å². The van der Waals surface area contributed by atoms with Crippen LogP contribution in [0.15, 0.2) is 18.2 Å². The van der Waals surface area contributed by atoms with Crippen LogP contribution >= 0.6 is 0 Å². The molecule has 2 amide bonds. The minimum atomic E-state index is -0.828. The van der Waals surface area contributed by atoms with Crippen molar-refractivity contribution in [1.29, 1.82) is 0 Å². The summed E-state index contributed by atoms with van der Waals surface area (Å²) in [5, 5.41) is 12.1. The summed E-state index contributed by atoms with van der Waals surface area (Å²) in [6, 6.07) is 2.85. The van der Waals surface area contributed by atoms with E-state index in [9.17, 15) is 19.1 Å². The quantitative estimate of drug-likeness (QED) is 0.866. The summed E-state index contributed by atoms with van der Waals surface area (Å²) in [5.74, 6) is -2.31. The Balaban J connectivity index is 2.09. The Morgan fingerprint density at radius 2 is 2.09 bits per heavy atom. The zero-order valence-electron chi connectivity index (χ0n) is 12.3. The number of halogens is 1. The van der Waals surface area contributed by atoms with E-state index in [0.29, 0.717) is 32.7 Å². The maximum atomic E-state index is 13.7. The third-order valence-electron chi connectivity index (χ3n) is 3.55. The van der Waals surface area contributed by atoms with Crippen LogP contribution in [-0.4, -0.2) is 54.2 Å². The van der Waals surface area contributed by atoms with Gasteiger partial charge in [0.25, 0.3) is 5.91 Å². The van der Waals surface area contributed by atoms with Gasteiger partial charge in [-0.15, -0.1) is 0 Å². The molecule has 0 bridgehead atoms. The number of hydrogen-bond acceptors (Lipinski definition) is 4. The highest BCUT2D eigenvalue weighted by Crippen LogP contribution is 2.20.